The lowest BCUT2D eigenvalue weighted by atomic mass is 9.91. The topological polar surface area (TPSA) is 150 Å². The summed E-state index contributed by atoms with van der Waals surface area (Å²) in [6, 6.07) is 20.8. The van der Waals surface area contributed by atoms with Gasteiger partial charge in [-0.1, -0.05) is 67.6 Å². The van der Waals surface area contributed by atoms with Crippen LogP contribution in [0.5, 0.6) is 0 Å². The lowest BCUT2D eigenvalue weighted by Gasteiger charge is -2.32. The number of carbonyl (C=O) groups is 1. The number of aromatic nitrogens is 4. The molecule has 4 aromatic rings. The van der Waals surface area contributed by atoms with Gasteiger partial charge in [0.2, 0.25) is 5.95 Å². The molecule has 2 aliphatic rings. The molecule has 2 aliphatic heterocycles. The van der Waals surface area contributed by atoms with E-state index in [0.717, 1.165) is 32.5 Å². The Morgan fingerprint density at radius 2 is 1.73 bits per heavy atom. The maximum Gasteiger partial charge on any atom is 0.252 e. The summed E-state index contributed by atoms with van der Waals surface area (Å²) in [7, 11) is 0. The minimum atomic E-state index is -1.41. The molecule has 4 heterocycles. The monoisotopic (exact) mass is 614 g/mol. The summed E-state index contributed by atoms with van der Waals surface area (Å²) in [5.41, 5.74) is 3.24. The third-order valence-corrected chi connectivity index (χ3v) is 8.71. The number of hydrogen-bond donors (Lipinski definition) is 5. The van der Waals surface area contributed by atoms with E-state index >= 15 is 0 Å². The van der Waals surface area contributed by atoms with Crippen molar-refractivity contribution in [1.82, 2.24) is 29.7 Å². The summed E-state index contributed by atoms with van der Waals surface area (Å²) < 4.78 is 7.50. The zero-order chi connectivity index (χ0) is 31.3. The normalized spacial score (nSPS) is 23.8. The fourth-order valence-electron chi connectivity index (χ4n) is 6.31. The number of imidazole rings is 1. The first kappa shape index (κ1) is 30.9. The van der Waals surface area contributed by atoms with Crippen LogP contribution in [0.15, 0.2) is 67.0 Å². The number of likely N-dealkylation sites (N-methyl/N-ethyl adjacent to an activating group) is 2. The van der Waals surface area contributed by atoms with Crippen LogP contribution in [0.2, 0.25) is 0 Å². The van der Waals surface area contributed by atoms with Crippen molar-refractivity contribution in [3.05, 3.63) is 78.1 Å². The fourth-order valence-corrected chi connectivity index (χ4v) is 6.31. The highest BCUT2D eigenvalue weighted by Crippen LogP contribution is 2.34. The number of amides is 1. The molecule has 238 valence electrons. The van der Waals surface area contributed by atoms with Crippen molar-refractivity contribution in [3.63, 3.8) is 0 Å². The van der Waals surface area contributed by atoms with Gasteiger partial charge in [-0.3, -0.25) is 9.36 Å². The Morgan fingerprint density at radius 3 is 2.40 bits per heavy atom. The highest BCUT2D eigenvalue weighted by molar-refractivity contribution is 5.85. The average molecular weight is 615 g/mol. The van der Waals surface area contributed by atoms with E-state index in [9.17, 15) is 15.0 Å². The maximum atomic E-state index is 12.6. The molecular formula is C33H42N8O4. The maximum absolute atomic E-state index is 12.6. The van der Waals surface area contributed by atoms with Crippen molar-refractivity contribution < 1.29 is 19.7 Å². The Kier molecular flexibility index (Phi) is 9.55. The van der Waals surface area contributed by atoms with Gasteiger partial charge in [-0.2, -0.15) is 9.97 Å². The van der Waals surface area contributed by atoms with Gasteiger partial charge in [0.15, 0.2) is 29.3 Å². The van der Waals surface area contributed by atoms with Crippen LogP contribution in [0, 0.1) is 0 Å². The second-order valence-corrected chi connectivity index (χ2v) is 11.7. The number of ether oxygens (including phenoxy) is 1. The fraction of sp³-hybridized carbons (Fsp3) is 0.455. The van der Waals surface area contributed by atoms with Crippen LogP contribution >= 0.6 is 0 Å². The second kappa shape index (κ2) is 13.9. The summed E-state index contributed by atoms with van der Waals surface area (Å²) in [6.45, 7) is 7.79. The van der Waals surface area contributed by atoms with Gasteiger partial charge in [0.1, 0.15) is 12.2 Å². The van der Waals surface area contributed by atoms with E-state index < -0.39 is 30.4 Å². The average Bonchev–Trinajstić information content (AvgIpc) is 3.62. The molecule has 0 saturated carbocycles. The van der Waals surface area contributed by atoms with E-state index in [2.05, 4.69) is 57.0 Å². The van der Waals surface area contributed by atoms with Gasteiger partial charge in [-0.05, 0) is 44.0 Å². The van der Waals surface area contributed by atoms with Crippen molar-refractivity contribution in [2.45, 2.75) is 63.2 Å². The third kappa shape index (κ3) is 6.64. The Labute approximate surface area is 262 Å². The van der Waals surface area contributed by atoms with Crippen LogP contribution in [0.3, 0.4) is 0 Å². The van der Waals surface area contributed by atoms with Crippen molar-refractivity contribution >= 4 is 28.8 Å². The number of nitrogens with one attached hydrogen (secondary N) is 3. The number of piperidine rings is 1. The van der Waals surface area contributed by atoms with Gasteiger partial charge >= 0.3 is 0 Å². The van der Waals surface area contributed by atoms with Crippen molar-refractivity contribution in [2.24, 2.45) is 0 Å². The second-order valence-electron chi connectivity index (χ2n) is 11.7. The Hall–Kier alpha value is -4.10. The summed E-state index contributed by atoms with van der Waals surface area (Å²) in [5, 5.41) is 31.4. The molecule has 45 heavy (non-hydrogen) atoms. The molecule has 1 amide bonds. The summed E-state index contributed by atoms with van der Waals surface area (Å²) in [4.78, 5) is 29.3. The summed E-state index contributed by atoms with van der Waals surface area (Å²) >= 11 is 0. The van der Waals surface area contributed by atoms with E-state index in [0.29, 0.717) is 36.0 Å². The van der Waals surface area contributed by atoms with Gasteiger partial charge in [0.25, 0.3) is 5.91 Å². The molecule has 5 atom stereocenters. The first-order chi connectivity index (χ1) is 22.0. The number of hydrogen-bond acceptors (Lipinski definition) is 10. The standard InChI is InChI=1S/C33H42N8O4/c1-3-34-31(44)28-26(42)27(43)32(45-28)41-20-36-25-29(38-33(39-30(25)41)37-23-16-11-17-40(4-2)19-23)35-18-24(21-12-7-5-8-13-21)22-14-9-6-10-15-22/h5-10,12-15,20,23-24,26-28,32,42-43H,3-4,11,16-19H2,1-2H3,(H,34,44)(H2,35,37,38,39)/t23?,26-,27+,28-,32+/m0/s1. The van der Waals surface area contributed by atoms with Crippen LogP contribution < -0.4 is 16.0 Å². The molecule has 2 saturated heterocycles. The lowest BCUT2D eigenvalue weighted by Crippen LogP contribution is -2.42. The smallest absolute Gasteiger partial charge is 0.252 e. The number of aliphatic hydroxyl groups excluding tert-OH is 2. The van der Waals surface area contributed by atoms with Crippen molar-refractivity contribution in [1.29, 1.82) is 0 Å². The Balaban J connectivity index is 1.35. The van der Waals surface area contributed by atoms with Crippen molar-refractivity contribution in [3.8, 4) is 0 Å². The SMILES string of the molecule is CCNC(=O)[C@H]1O[C@@H](n2cnc3c(NCC(c4ccccc4)c4ccccc4)nc(NC4CCCN(CC)C4)nc32)[C@H](O)[C@@H]1O. The van der Waals surface area contributed by atoms with Crippen LogP contribution in [0.1, 0.15) is 50.0 Å². The summed E-state index contributed by atoms with van der Waals surface area (Å²) in [6.07, 6.45) is -1.48. The quantitative estimate of drug-likeness (QED) is 0.171. The molecule has 2 aromatic heterocycles. The van der Waals surface area contributed by atoms with Gasteiger partial charge in [-0.15, -0.1) is 0 Å². The van der Waals surface area contributed by atoms with Gasteiger partial charge in [-0.25, -0.2) is 4.98 Å². The van der Waals surface area contributed by atoms with Crippen LogP contribution in [0.4, 0.5) is 11.8 Å². The van der Waals surface area contributed by atoms with Gasteiger partial charge < -0.3 is 35.8 Å². The Morgan fingerprint density at radius 1 is 1.02 bits per heavy atom. The van der Waals surface area contributed by atoms with E-state index in [-0.39, 0.29) is 12.0 Å². The zero-order valence-electron chi connectivity index (χ0n) is 25.7. The van der Waals surface area contributed by atoms with Crippen molar-refractivity contribution in [2.75, 3.05) is 43.4 Å². The molecule has 0 aliphatic carbocycles. The molecule has 0 radical (unpaired) electrons. The van der Waals surface area contributed by atoms with Crippen LogP contribution in [-0.4, -0.2) is 97.6 Å². The number of anilines is 2. The Bertz CT molecular complexity index is 1530. The molecule has 0 spiro atoms. The molecule has 2 aromatic carbocycles. The number of aliphatic hydroxyl groups is 2. The number of carbonyl (C=O) groups excluding carboxylic acids is 1. The van der Waals surface area contributed by atoms with E-state index in [1.807, 2.05) is 36.4 Å². The minimum absolute atomic E-state index is 0.0420. The van der Waals surface area contributed by atoms with Gasteiger partial charge in [0.05, 0.1) is 6.33 Å². The van der Waals surface area contributed by atoms with E-state index in [1.54, 1.807) is 11.5 Å². The highest BCUT2D eigenvalue weighted by atomic mass is 16.6. The zero-order valence-corrected chi connectivity index (χ0v) is 25.7. The predicted molar refractivity (Wildman–Crippen MR) is 172 cm³/mol. The number of nitrogens with zero attached hydrogens (tertiary/aromatic N) is 5. The molecule has 2 fully saturated rings. The molecule has 12 heteroatoms. The largest absolute Gasteiger partial charge is 0.387 e. The lowest BCUT2D eigenvalue weighted by molar-refractivity contribution is -0.137. The number of fused-ring (bicyclic) bond motifs is 1. The van der Waals surface area contributed by atoms with Gasteiger partial charge in [0, 0.05) is 31.6 Å². The van der Waals surface area contributed by atoms with Crippen LogP contribution in [0.25, 0.3) is 11.2 Å². The van der Waals surface area contributed by atoms with Crippen LogP contribution in [-0.2, 0) is 9.53 Å². The number of benzene rings is 2. The first-order valence-corrected chi connectivity index (χ1v) is 15.8. The molecule has 6 rings (SSSR count). The van der Waals surface area contributed by atoms with E-state index in [1.165, 1.54) is 17.5 Å². The molecule has 0 bridgehead atoms. The third-order valence-electron chi connectivity index (χ3n) is 8.71. The first-order valence-electron chi connectivity index (χ1n) is 15.8. The predicted octanol–water partition coefficient (Wildman–Crippen LogP) is 2.72. The highest BCUT2D eigenvalue weighted by Gasteiger charge is 2.47. The number of likely N-dealkylation sites (tertiary alicyclic amines) is 1. The van der Waals surface area contributed by atoms with E-state index in [4.69, 9.17) is 14.7 Å². The molecule has 1 unspecified atom stereocenters. The number of rotatable bonds is 11. The molecule has 12 nitrogen and oxygen atoms in total. The molecular weight excluding hydrogens is 572 g/mol. The molecule has 5 N–H and O–H groups in total. The summed E-state index contributed by atoms with van der Waals surface area (Å²) in [5.74, 6) is 0.523. The minimum Gasteiger partial charge on any atom is -0.387 e.